The van der Waals surface area contributed by atoms with E-state index in [2.05, 4.69) is 52.2 Å². The van der Waals surface area contributed by atoms with Gasteiger partial charge in [-0.3, -0.25) is 14.2 Å². The van der Waals surface area contributed by atoms with Crippen LogP contribution in [-0.2, 0) is 11.3 Å². The van der Waals surface area contributed by atoms with E-state index < -0.39 is 0 Å². The average molecular weight is 382 g/mol. The van der Waals surface area contributed by atoms with Crippen LogP contribution in [0.4, 0.5) is 0 Å². The van der Waals surface area contributed by atoms with Gasteiger partial charge in [0, 0.05) is 18.6 Å². The molecule has 0 aromatic carbocycles. The maximum Gasteiger partial charge on any atom is 0.244 e. The van der Waals surface area contributed by atoms with Crippen LogP contribution in [0.2, 0.25) is 0 Å². The van der Waals surface area contributed by atoms with Gasteiger partial charge in [-0.05, 0) is 41.3 Å². The van der Waals surface area contributed by atoms with Crippen molar-refractivity contribution in [1.82, 2.24) is 24.9 Å². The molecular formula is C16H24BrN5O. The van der Waals surface area contributed by atoms with Crippen molar-refractivity contribution in [2.45, 2.75) is 53.2 Å². The molecule has 2 rings (SSSR count). The Morgan fingerprint density at radius 1 is 1.43 bits per heavy atom. The summed E-state index contributed by atoms with van der Waals surface area (Å²) in [5.74, 6) is -0.0490. The summed E-state index contributed by atoms with van der Waals surface area (Å²) in [5.41, 5.74) is 0.788. The molecule has 0 aliphatic heterocycles. The van der Waals surface area contributed by atoms with Gasteiger partial charge in [0.25, 0.3) is 0 Å². The molecule has 0 spiro atoms. The maximum atomic E-state index is 12.6. The maximum absolute atomic E-state index is 12.6. The van der Waals surface area contributed by atoms with Gasteiger partial charge >= 0.3 is 0 Å². The highest BCUT2D eigenvalue weighted by atomic mass is 79.9. The van der Waals surface area contributed by atoms with Crippen molar-refractivity contribution in [3.8, 4) is 0 Å². The smallest absolute Gasteiger partial charge is 0.244 e. The van der Waals surface area contributed by atoms with Gasteiger partial charge in [-0.2, -0.15) is 10.2 Å². The first-order chi connectivity index (χ1) is 10.7. The van der Waals surface area contributed by atoms with Crippen molar-refractivity contribution < 1.29 is 4.79 Å². The second-order valence-corrected chi connectivity index (χ2v) is 7.73. The molecule has 0 bridgehead atoms. The molecule has 23 heavy (non-hydrogen) atoms. The first-order valence-corrected chi connectivity index (χ1v) is 8.47. The molecule has 2 atom stereocenters. The highest BCUT2D eigenvalue weighted by Crippen LogP contribution is 2.22. The molecule has 0 aliphatic carbocycles. The van der Waals surface area contributed by atoms with E-state index in [0.717, 1.165) is 10.2 Å². The van der Waals surface area contributed by atoms with Crippen LogP contribution in [0.3, 0.4) is 0 Å². The minimum absolute atomic E-state index is 0.0301. The monoisotopic (exact) mass is 381 g/mol. The predicted molar refractivity (Wildman–Crippen MR) is 93.0 cm³/mol. The number of rotatable bonds is 5. The molecule has 0 aliphatic rings. The van der Waals surface area contributed by atoms with Crippen molar-refractivity contribution >= 4 is 21.8 Å². The second-order valence-electron chi connectivity index (χ2n) is 6.87. The SMILES string of the molecule is Cc1nn([C@H](C)C(=O)N[C@@H](Cn2cccn2)C(C)(C)C)cc1Br. The Labute approximate surface area is 145 Å². The molecule has 1 amide bonds. The van der Waals surface area contributed by atoms with E-state index in [-0.39, 0.29) is 23.4 Å². The number of aryl methyl sites for hydroxylation is 1. The van der Waals surface area contributed by atoms with Crippen molar-refractivity contribution in [2.24, 2.45) is 5.41 Å². The number of halogens is 1. The zero-order chi connectivity index (χ0) is 17.2. The summed E-state index contributed by atoms with van der Waals surface area (Å²) in [6.45, 7) is 10.7. The standard InChI is InChI=1S/C16H24BrN5O/c1-11-13(17)9-22(20-11)12(2)15(23)19-14(16(3,4)5)10-21-8-6-7-18-21/h6-9,12,14H,10H2,1-5H3,(H,19,23)/t12-,14+/m1/s1. The number of nitrogens with one attached hydrogen (secondary N) is 1. The van der Waals surface area contributed by atoms with Gasteiger partial charge in [0.1, 0.15) is 6.04 Å². The molecule has 2 aromatic heterocycles. The minimum Gasteiger partial charge on any atom is -0.349 e. The molecule has 6 nitrogen and oxygen atoms in total. The van der Waals surface area contributed by atoms with Crippen molar-refractivity contribution in [1.29, 1.82) is 0 Å². The van der Waals surface area contributed by atoms with Crippen molar-refractivity contribution in [2.75, 3.05) is 0 Å². The van der Waals surface area contributed by atoms with E-state index in [9.17, 15) is 4.79 Å². The Kier molecular flexibility index (Phi) is 5.29. The summed E-state index contributed by atoms with van der Waals surface area (Å²) in [5, 5.41) is 11.8. The molecule has 0 saturated carbocycles. The molecule has 0 fully saturated rings. The average Bonchev–Trinajstić information content (AvgIpc) is 3.07. The van der Waals surface area contributed by atoms with Gasteiger partial charge in [0.15, 0.2) is 0 Å². The number of nitrogens with zero attached hydrogens (tertiary/aromatic N) is 4. The predicted octanol–water partition coefficient (Wildman–Crippen LogP) is 2.94. The van der Waals surface area contributed by atoms with Crippen LogP contribution in [0.25, 0.3) is 0 Å². The largest absolute Gasteiger partial charge is 0.349 e. The van der Waals surface area contributed by atoms with Gasteiger partial charge in [0.05, 0.1) is 22.8 Å². The Hall–Kier alpha value is -1.63. The summed E-state index contributed by atoms with van der Waals surface area (Å²) >= 11 is 3.43. The highest BCUT2D eigenvalue weighted by Gasteiger charge is 2.29. The lowest BCUT2D eigenvalue weighted by atomic mass is 9.86. The quantitative estimate of drug-likeness (QED) is 0.865. The molecule has 0 unspecified atom stereocenters. The summed E-state index contributed by atoms with van der Waals surface area (Å²) < 4.78 is 4.43. The van der Waals surface area contributed by atoms with E-state index in [0.29, 0.717) is 6.54 Å². The van der Waals surface area contributed by atoms with Crippen molar-refractivity contribution in [3.05, 3.63) is 34.8 Å². The molecule has 2 heterocycles. The van der Waals surface area contributed by atoms with E-state index >= 15 is 0 Å². The van der Waals surface area contributed by atoms with E-state index in [1.807, 2.05) is 37.0 Å². The first-order valence-electron chi connectivity index (χ1n) is 7.67. The molecule has 2 aromatic rings. The van der Waals surface area contributed by atoms with Gasteiger partial charge in [-0.1, -0.05) is 20.8 Å². The molecule has 0 saturated heterocycles. The van der Waals surface area contributed by atoms with Crippen LogP contribution in [0.1, 0.15) is 39.4 Å². The first kappa shape index (κ1) is 17.7. The number of carbonyl (C=O) groups excluding carboxylic acids is 1. The van der Waals surface area contributed by atoms with Crippen LogP contribution in [0, 0.1) is 12.3 Å². The minimum atomic E-state index is -0.373. The fourth-order valence-corrected chi connectivity index (χ4v) is 2.49. The van der Waals surface area contributed by atoms with Gasteiger partial charge in [-0.25, -0.2) is 0 Å². The lowest BCUT2D eigenvalue weighted by Gasteiger charge is -2.32. The molecule has 7 heteroatoms. The second kappa shape index (κ2) is 6.86. The van der Waals surface area contributed by atoms with Crippen molar-refractivity contribution in [3.63, 3.8) is 0 Å². The Balaban J connectivity index is 2.10. The Morgan fingerprint density at radius 3 is 2.61 bits per heavy atom. The zero-order valence-electron chi connectivity index (χ0n) is 14.2. The topological polar surface area (TPSA) is 64.7 Å². The number of amides is 1. The summed E-state index contributed by atoms with van der Waals surface area (Å²) in [4.78, 5) is 12.6. The van der Waals surface area contributed by atoms with Crippen LogP contribution in [0.5, 0.6) is 0 Å². The van der Waals surface area contributed by atoms with Crippen LogP contribution in [-0.4, -0.2) is 31.5 Å². The third-order valence-corrected chi connectivity index (χ3v) is 4.70. The van der Waals surface area contributed by atoms with Crippen LogP contribution >= 0.6 is 15.9 Å². The van der Waals surface area contributed by atoms with Gasteiger partial charge in [0.2, 0.25) is 5.91 Å². The van der Waals surface area contributed by atoms with Gasteiger partial charge < -0.3 is 5.32 Å². The van der Waals surface area contributed by atoms with E-state index in [1.165, 1.54) is 0 Å². The zero-order valence-corrected chi connectivity index (χ0v) is 15.8. The Morgan fingerprint density at radius 2 is 2.13 bits per heavy atom. The van der Waals surface area contributed by atoms with Crippen LogP contribution in [0.15, 0.2) is 29.1 Å². The number of hydrogen-bond acceptors (Lipinski definition) is 3. The lowest BCUT2D eigenvalue weighted by molar-refractivity contribution is -0.125. The normalized spacial score (nSPS) is 14.5. The van der Waals surface area contributed by atoms with Gasteiger partial charge in [-0.15, -0.1) is 0 Å². The summed E-state index contributed by atoms with van der Waals surface area (Å²) in [6.07, 6.45) is 5.48. The highest BCUT2D eigenvalue weighted by molar-refractivity contribution is 9.10. The number of aromatic nitrogens is 4. The lowest BCUT2D eigenvalue weighted by Crippen LogP contribution is -2.48. The molecular weight excluding hydrogens is 358 g/mol. The fourth-order valence-electron chi connectivity index (χ4n) is 2.20. The Bertz CT molecular complexity index is 637. The number of carbonyl (C=O) groups is 1. The summed E-state index contributed by atoms with van der Waals surface area (Å²) in [6, 6.07) is 1.48. The number of hydrogen-bond donors (Lipinski definition) is 1. The summed E-state index contributed by atoms with van der Waals surface area (Å²) in [7, 11) is 0. The van der Waals surface area contributed by atoms with E-state index in [1.54, 1.807) is 10.9 Å². The van der Waals surface area contributed by atoms with Crippen LogP contribution < -0.4 is 5.32 Å². The third kappa shape index (κ3) is 4.43. The third-order valence-electron chi connectivity index (χ3n) is 3.92. The fraction of sp³-hybridized carbons (Fsp3) is 0.562. The van der Waals surface area contributed by atoms with E-state index in [4.69, 9.17) is 0 Å². The molecule has 1 N–H and O–H groups in total. The molecule has 126 valence electrons. The molecule has 0 radical (unpaired) electrons.